The Morgan fingerprint density at radius 2 is 1.59 bits per heavy atom. The van der Waals surface area contributed by atoms with E-state index in [0.717, 1.165) is 17.6 Å². The van der Waals surface area contributed by atoms with E-state index >= 15 is 0 Å². The summed E-state index contributed by atoms with van der Waals surface area (Å²) in [4.78, 5) is 13.0. The van der Waals surface area contributed by atoms with Crippen molar-refractivity contribution in [1.29, 1.82) is 0 Å². The minimum atomic E-state index is -4.50. The second-order valence-corrected chi connectivity index (χ2v) is 12.0. The molecule has 1 spiro atoms. The van der Waals surface area contributed by atoms with Gasteiger partial charge in [-0.05, 0) is 59.6 Å². The highest BCUT2D eigenvalue weighted by Gasteiger charge is 2.87. The van der Waals surface area contributed by atoms with Crippen LogP contribution in [-0.2, 0) is 41.1 Å². The Hall–Kier alpha value is -0.930. The van der Waals surface area contributed by atoms with E-state index < -0.39 is 50.8 Å². The smallest absolute Gasteiger partial charge is 0.357 e. The van der Waals surface area contributed by atoms with Gasteiger partial charge in [0.05, 0.1) is 5.92 Å². The second kappa shape index (κ2) is 7.54. The number of ketones is 1. The van der Waals surface area contributed by atoms with E-state index in [0.29, 0.717) is 12.0 Å². The van der Waals surface area contributed by atoms with Crippen molar-refractivity contribution in [3.05, 3.63) is 34.9 Å². The first-order valence-electron chi connectivity index (χ1n) is 10.3. The molecule has 5 heterocycles. The van der Waals surface area contributed by atoms with Gasteiger partial charge in [-0.1, -0.05) is 29.7 Å². The molecule has 10 nitrogen and oxygen atoms in total. The summed E-state index contributed by atoms with van der Waals surface area (Å²) in [6.07, 6.45) is 4.62. The maximum absolute atomic E-state index is 13.2. The van der Waals surface area contributed by atoms with E-state index in [4.69, 9.17) is 27.1 Å². The lowest BCUT2D eigenvalue weighted by molar-refractivity contribution is -0.291. The van der Waals surface area contributed by atoms with Crippen molar-refractivity contribution in [2.75, 3.05) is 0 Å². The Morgan fingerprint density at radius 3 is 2.19 bits per heavy atom. The SMILES string of the molecule is CC(C)=CCC/C(C)=C/C(=O)C1(O)OP2(=O)OC1C(C)C1(O2)OP2(=O)OC1(C=C(C)C)O2. The van der Waals surface area contributed by atoms with Crippen molar-refractivity contribution >= 4 is 21.4 Å². The zero-order valence-corrected chi connectivity index (χ0v) is 20.6. The first kappa shape index (κ1) is 24.2. The van der Waals surface area contributed by atoms with Gasteiger partial charge >= 0.3 is 15.6 Å². The zero-order chi connectivity index (χ0) is 23.7. The summed E-state index contributed by atoms with van der Waals surface area (Å²) >= 11 is 0. The number of carbonyl (C=O) groups is 1. The Labute approximate surface area is 186 Å². The third-order valence-electron chi connectivity index (χ3n) is 5.71. The Morgan fingerprint density at radius 1 is 0.969 bits per heavy atom. The maximum atomic E-state index is 13.2. The lowest BCUT2D eigenvalue weighted by atomic mass is 9.82. The third-order valence-corrected chi connectivity index (χ3v) is 8.68. The number of phosphoric acid groups is 2. The molecule has 5 unspecified atom stereocenters. The minimum Gasteiger partial charge on any atom is -0.357 e. The Bertz CT molecular complexity index is 1030. The molecule has 1 N–H and O–H groups in total. The number of allylic oxidation sites excluding steroid dienone is 4. The van der Waals surface area contributed by atoms with E-state index in [2.05, 4.69) is 0 Å². The van der Waals surface area contributed by atoms with Gasteiger partial charge in [-0.2, -0.15) is 0 Å². The monoisotopic (exact) mass is 490 g/mol. The molecule has 32 heavy (non-hydrogen) atoms. The Kier molecular flexibility index (Phi) is 5.70. The van der Waals surface area contributed by atoms with Crippen LogP contribution in [0.4, 0.5) is 0 Å². The topological polar surface area (TPSA) is 127 Å². The highest BCUT2D eigenvalue weighted by Crippen LogP contribution is 2.84. The molecule has 12 heteroatoms. The molecular weight excluding hydrogens is 462 g/mol. The molecule has 5 aliphatic rings. The quantitative estimate of drug-likeness (QED) is 0.319. The molecule has 0 aromatic heterocycles. The maximum Gasteiger partial charge on any atom is 0.483 e. The van der Waals surface area contributed by atoms with Gasteiger partial charge in [-0.25, -0.2) is 31.7 Å². The number of carbonyl (C=O) groups excluding carboxylic acids is 1. The van der Waals surface area contributed by atoms with Gasteiger partial charge in [0.1, 0.15) is 6.10 Å². The van der Waals surface area contributed by atoms with Crippen LogP contribution in [0.15, 0.2) is 34.9 Å². The van der Waals surface area contributed by atoms with Gasteiger partial charge in [0.15, 0.2) is 0 Å². The number of aliphatic hydroxyl groups is 1. The van der Waals surface area contributed by atoms with E-state index in [1.807, 2.05) is 19.9 Å². The third kappa shape index (κ3) is 3.57. The summed E-state index contributed by atoms with van der Waals surface area (Å²) in [6.45, 7) is 10.7. The summed E-state index contributed by atoms with van der Waals surface area (Å²) in [7, 11) is -8.44. The molecule has 0 aliphatic carbocycles. The molecule has 0 aromatic rings. The molecule has 5 atom stereocenters. The molecule has 0 aromatic carbocycles. The lowest BCUT2D eigenvalue weighted by Crippen LogP contribution is -2.63. The normalized spacial score (nSPS) is 46.7. The highest BCUT2D eigenvalue weighted by atomic mass is 31.2. The Balaban J connectivity index is 1.66. The van der Waals surface area contributed by atoms with Crippen LogP contribution >= 0.6 is 15.6 Å². The van der Waals surface area contributed by atoms with Crippen molar-refractivity contribution in [3.63, 3.8) is 0 Å². The van der Waals surface area contributed by atoms with E-state index in [-0.39, 0.29) is 0 Å². The molecule has 178 valence electrons. The lowest BCUT2D eigenvalue weighted by Gasteiger charge is -2.45. The van der Waals surface area contributed by atoms with Gasteiger partial charge in [-0.15, -0.1) is 0 Å². The fourth-order valence-corrected chi connectivity index (χ4v) is 8.05. The number of hydrogen-bond acceptors (Lipinski definition) is 10. The highest BCUT2D eigenvalue weighted by molar-refractivity contribution is 7.51. The van der Waals surface area contributed by atoms with Crippen LogP contribution in [0.2, 0.25) is 0 Å². The van der Waals surface area contributed by atoms with Gasteiger partial charge in [0.25, 0.3) is 17.4 Å². The molecule has 0 saturated carbocycles. The average molecular weight is 490 g/mol. The molecule has 5 aliphatic heterocycles. The van der Waals surface area contributed by atoms with Crippen molar-refractivity contribution in [1.82, 2.24) is 0 Å². The fourth-order valence-electron chi connectivity index (χ4n) is 4.29. The van der Waals surface area contributed by atoms with Gasteiger partial charge in [-0.3, -0.25) is 9.32 Å². The average Bonchev–Trinajstić information content (AvgIpc) is 3.09. The van der Waals surface area contributed by atoms with E-state index in [9.17, 15) is 19.0 Å². The molecule has 5 saturated heterocycles. The van der Waals surface area contributed by atoms with Crippen LogP contribution in [0.25, 0.3) is 0 Å². The number of fused-ring (bicyclic) bond motifs is 2. The molecule has 0 amide bonds. The first-order chi connectivity index (χ1) is 14.7. The number of hydrogen-bond donors (Lipinski definition) is 1. The van der Waals surface area contributed by atoms with Crippen LogP contribution in [0.1, 0.15) is 54.4 Å². The summed E-state index contributed by atoms with van der Waals surface area (Å²) in [5, 5.41) is 11.2. The summed E-state index contributed by atoms with van der Waals surface area (Å²) in [6, 6.07) is 0. The van der Waals surface area contributed by atoms with Crippen molar-refractivity contribution in [2.45, 2.75) is 77.8 Å². The first-order valence-corrected chi connectivity index (χ1v) is 13.3. The zero-order valence-electron chi connectivity index (χ0n) is 18.8. The van der Waals surface area contributed by atoms with Crippen molar-refractivity contribution in [2.24, 2.45) is 5.92 Å². The number of phosphoric ester groups is 2. The van der Waals surface area contributed by atoms with Crippen molar-refractivity contribution in [3.8, 4) is 0 Å². The summed E-state index contributed by atoms with van der Waals surface area (Å²) < 4.78 is 58.2. The van der Waals surface area contributed by atoms with Crippen LogP contribution < -0.4 is 0 Å². The minimum absolute atomic E-state index is 0.587. The van der Waals surface area contributed by atoms with Crippen molar-refractivity contribution < 1.29 is 46.2 Å². The summed E-state index contributed by atoms with van der Waals surface area (Å²) in [5.74, 6) is -8.21. The fraction of sp³-hybridized carbons (Fsp3) is 0.650. The molecular formula is C20H28O10P2. The van der Waals surface area contributed by atoms with Gasteiger partial charge in [0.2, 0.25) is 5.78 Å². The van der Waals surface area contributed by atoms with Gasteiger partial charge in [0, 0.05) is 0 Å². The summed E-state index contributed by atoms with van der Waals surface area (Å²) in [5.41, 5.74) is 2.57. The standard InChI is InChI=1S/C20H28O10P2/c1-12(2)8-7-9-14(5)10-16(21)19(22)17-15(6)20(29-31(23,25-17)28-19)18(11-13(3)4)26-32(24,27-18)30-20/h8,10-11,15,17,22H,7,9H2,1-6H3/b14-10+. The van der Waals surface area contributed by atoms with Gasteiger partial charge < -0.3 is 5.11 Å². The van der Waals surface area contributed by atoms with Crippen LogP contribution in [-0.4, -0.2) is 34.4 Å². The second-order valence-electron chi connectivity index (χ2n) is 9.09. The predicted octanol–water partition coefficient (Wildman–Crippen LogP) is 4.67. The number of rotatable bonds is 6. The molecule has 5 fully saturated rings. The van der Waals surface area contributed by atoms with E-state index in [1.165, 1.54) is 19.1 Å². The molecule has 4 bridgehead atoms. The van der Waals surface area contributed by atoms with E-state index in [1.54, 1.807) is 20.8 Å². The molecule has 5 rings (SSSR count). The largest absolute Gasteiger partial charge is 0.483 e. The van der Waals surface area contributed by atoms with Crippen LogP contribution in [0.3, 0.4) is 0 Å². The predicted molar refractivity (Wildman–Crippen MR) is 112 cm³/mol. The molecule has 0 radical (unpaired) electrons. The van der Waals surface area contributed by atoms with Crippen LogP contribution in [0.5, 0.6) is 0 Å². The van der Waals surface area contributed by atoms with Crippen LogP contribution in [0, 0.1) is 5.92 Å².